The zero-order valence-electron chi connectivity index (χ0n) is 13.5. The first-order chi connectivity index (χ1) is 12.2. The van der Waals surface area contributed by atoms with Gasteiger partial charge in [0.05, 0.1) is 31.0 Å². The molecular formula is C17H17FN4O3. The lowest BCUT2D eigenvalue weighted by molar-refractivity contribution is 0.159. The third-order valence-electron chi connectivity index (χ3n) is 3.47. The molecule has 0 aliphatic rings. The SMILES string of the molecule is COCC(NC(=O)Nc1cnn(-c2ccccc2F)c1)c1ccco1. The second kappa shape index (κ2) is 7.63. The fraction of sp³-hybridized carbons (Fsp3) is 0.176. The summed E-state index contributed by atoms with van der Waals surface area (Å²) in [6.45, 7) is 0.259. The number of hydrogen-bond donors (Lipinski definition) is 2. The van der Waals surface area contributed by atoms with Crippen LogP contribution in [0.15, 0.2) is 59.5 Å². The normalized spacial score (nSPS) is 11.9. The first-order valence-corrected chi connectivity index (χ1v) is 7.57. The highest BCUT2D eigenvalue weighted by Crippen LogP contribution is 2.16. The van der Waals surface area contributed by atoms with Crippen molar-refractivity contribution in [1.82, 2.24) is 15.1 Å². The lowest BCUT2D eigenvalue weighted by atomic mass is 10.2. The van der Waals surface area contributed by atoms with E-state index in [-0.39, 0.29) is 6.61 Å². The van der Waals surface area contributed by atoms with Gasteiger partial charge in [0.1, 0.15) is 23.3 Å². The van der Waals surface area contributed by atoms with Crippen LogP contribution in [-0.4, -0.2) is 29.5 Å². The minimum Gasteiger partial charge on any atom is -0.467 e. The summed E-state index contributed by atoms with van der Waals surface area (Å²) in [4.78, 5) is 12.2. The molecule has 0 spiro atoms. The molecule has 7 nitrogen and oxygen atoms in total. The molecule has 1 unspecified atom stereocenters. The van der Waals surface area contributed by atoms with Crippen LogP contribution >= 0.6 is 0 Å². The maximum Gasteiger partial charge on any atom is 0.320 e. The van der Waals surface area contributed by atoms with Crippen molar-refractivity contribution in [3.05, 3.63) is 66.6 Å². The summed E-state index contributed by atoms with van der Waals surface area (Å²) >= 11 is 0. The van der Waals surface area contributed by atoms with Crippen LogP contribution in [-0.2, 0) is 4.74 Å². The minimum absolute atomic E-state index is 0.259. The number of ether oxygens (including phenoxy) is 1. The number of aromatic nitrogens is 2. The number of nitrogens with zero attached hydrogens (tertiary/aromatic N) is 2. The van der Waals surface area contributed by atoms with E-state index in [2.05, 4.69) is 15.7 Å². The quantitative estimate of drug-likeness (QED) is 0.720. The van der Waals surface area contributed by atoms with E-state index in [1.807, 2.05) is 0 Å². The third-order valence-corrected chi connectivity index (χ3v) is 3.47. The summed E-state index contributed by atoms with van der Waals surface area (Å²) in [5.41, 5.74) is 0.722. The second-order valence-electron chi connectivity index (χ2n) is 5.25. The Morgan fingerprint density at radius 2 is 2.20 bits per heavy atom. The molecule has 2 amide bonds. The Kier molecular flexibility index (Phi) is 5.10. The number of urea groups is 1. The molecule has 0 saturated heterocycles. The van der Waals surface area contributed by atoms with Crippen molar-refractivity contribution in [3.8, 4) is 5.69 Å². The fourth-order valence-electron chi connectivity index (χ4n) is 2.33. The number of halogens is 1. The molecule has 1 aromatic carbocycles. The van der Waals surface area contributed by atoms with E-state index in [1.165, 1.54) is 36.5 Å². The number of methoxy groups -OCH3 is 1. The molecule has 2 heterocycles. The van der Waals surface area contributed by atoms with Crippen LogP contribution in [0.3, 0.4) is 0 Å². The van der Waals surface area contributed by atoms with E-state index in [4.69, 9.17) is 9.15 Å². The van der Waals surface area contributed by atoms with Gasteiger partial charge in [0.25, 0.3) is 0 Å². The van der Waals surface area contributed by atoms with Crippen molar-refractivity contribution in [2.75, 3.05) is 19.0 Å². The molecule has 2 aromatic heterocycles. The van der Waals surface area contributed by atoms with Gasteiger partial charge in [-0.05, 0) is 24.3 Å². The molecule has 0 aliphatic carbocycles. The highest BCUT2D eigenvalue weighted by Gasteiger charge is 2.17. The Bertz CT molecular complexity index is 832. The zero-order valence-corrected chi connectivity index (χ0v) is 13.5. The Hall–Kier alpha value is -3.13. The number of furan rings is 1. The van der Waals surface area contributed by atoms with Crippen molar-refractivity contribution >= 4 is 11.7 Å². The van der Waals surface area contributed by atoms with Crippen LogP contribution in [0, 0.1) is 5.82 Å². The Labute approximate surface area is 143 Å². The van der Waals surface area contributed by atoms with Crippen LogP contribution in [0.4, 0.5) is 14.9 Å². The van der Waals surface area contributed by atoms with Crippen molar-refractivity contribution in [2.24, 2.45) is 0 Å². The monoisotopic (exact) mass is 344 g/mol. The van der Waals surface area contributed by atoms with Crippen LogP contribution in [0.1, 0.15) is 11.8 Å². The van der Waals surface area contributed by atoms with E-state index in [0.29, 0.717) is 17.1 Å². The maximum atomic E-state index is 13.8. The van der Waals surface area contributed by atoms with E-state index < -0.39 is 17.9 Å². The number of rotatable bonds is 6. The van der Waals surface area contributed by atoms with E-state index in [9.17, 15) is 9.18 Å². The molecule has 8 heteroatoms. The van der Waals surface area contributed by atoms with Gasteiger partial charge in [0, 0.05) is 7.11 Å². The number of amides is 2. The highest BCUT2D eigenvalue weighted by molar-refractivity contribution is 5.89. The number of anilines is 1. The van der Waals surface area contributed by atoms with Crippen molar-refractivity contribution < 1.29 is 18.3 Å². The first kappa shape index (κ1) is 16.7. The maximum absolute atomic E-state index is 13.8. The lowest BCUT2D eigenvalue weighted by Crippen LogP contribution is -2.34. The minimum atomic E-state index is -0.452. The van der Waals surface area contributed by atoms with Crippen LogP contribution in [0.25, 0.3) is 5.69 Å². The van der Waals surface area contributed by atoms with Crippen LogP contribution in [0.2, 0.25) is 0 Å². The topological polar surface area (TPSA) is 81.3 Å². The molecule has 0 saturated carbocycles. The van der Waals surface area contributed by atoms with E-state index in [0.717, 1.165) is 0 Å². The van der Waals surface area contributed by atoms with Gasteiger partial charge >= 0.3 is 6.03 Å². The van der Waals surface area contributed by atoms with Gasteiger partial charge in [-0.25, -0.2) is 13.9 Å². The predicted molar refractivity (Wildman–Crippen MR) is 89.0 cm³/mol. The molecule has 0 fully saturated rings. The van der Waals surface area contributed by atoms with E-state index in [1.54, 1.807) is 30.3 Å². The molecule has 0 bridgehead atoms. The number of hydrogen-bond acceptors (Lipinski definition) is 4. The molecular weight excluding hydrogens is 327 g/mol. The van der Waals surface area contributed by atoms with Gasteiger partial charge < -0.3 is 19.8 Å². The fourth-order valence-corrected chi connectivity index (χ4v) is 2.33. The average molecular weight is 344 g/mol. The van der Waals surface area contributed by atoms with E-state index >= 15 is 0 Å². The summed E-state index contributed by atoms with van der Waals surface area (Å²) in [7, 11) is 1.54. The molecule has 25 heavy (non-hydrogen) atoms. The first-order valence-electron chi connectivity index (χ1n) is 7.57. The van der Waals surface area contributed by atoms with Crippen molar-refractivity contribution in [1.29, 1.82) is 0 Å². The Balaban J connectivity index is 1.66. The molecule has 2 N–H and O–H groups in total. The molecule has 3 aromatic rings. The zero-order chi connectivity index (χ0) is 17.6. The van der Waals surface area contributed by atoms with Gasteiger partial charge in [-0.3, -0.25) is 0 Å². The molecule has 130 valence electrons. The molecule has 0 aliphatic heterocycles. The van der Waals surface area contributed by atoms with Crippen molar-refractivity contribution in [2.45, 2.75) is 6.04 Å². The second-order valence-corrected chi connectivity index (χ2v) is 5.25. The van der Waals surface area contributed by atoms with Gasteiger partial charge in [-0.15, -0.1) is 0 Å². The molecule has 3 rings (SSSR count). The summed E-state index contributed by atoms with van der Waals surface area (Å²) in [6, 6.07) is 8.84. The average Bonchev–Trinajstić information content (AvgIpc) is 3.26. The third kappa shape index (κ3) is 4.04. The van der Waals surface area contributed by atoms with Gasteiger partial charge in [0.15, 0.2) is 0 Å². The van der Waals surface area contributed by atoms with Gasteiger partial charge in [0.2, 0.25) is 0 Å². The summed E-state index contributed by atoms with van der Waals surface area (Å²) in [5, 5.41) is 9.46. The Morgan fingerprint density at radius 1 is 1.36 bits per heavy atom. The smallest absolute Gasteiger partial charge is 0.320 e. The van der Waals surface area contributed by atoms with Gasteiger partial charge in [-0.1, -0.05) is 12.1 Å². The largest absolute Gasteiger partial charge is 0.467 e. The Morgan fingerprint density at radius 3 is 2.92 bits per heavy atom. The van der Waals surface area contributed by atoms with Crippen LogP contribution < -0.4 is 10.6 Å². The molecule has 0 radical (unpaired) electrons. The number of carbonyl (C=O) groups excluding carboxylic acids is 1. The standard InChI is InChI=1S/C17H17FN4O3/c1-24-11-14(16-7-4-8-25-16)21-17(23)20-12-9-19-22(10-12)15-6-3-2-5-13(15)18/h2-10,14H,11H2,1H3,(H2,20,21,23). The number of carbonyl (C=O) groups is 1. The summed E-state index contributed by atoms with van der Waals surface area (Å²) < 4.78 is 25.5. The number of nitrogens with one attached hydrogen (secondary N) is 2. The predicted octanol–water partition coefficient (Wildman–Crippen LogP) is 3.11. The lowest BCUT2D eigenvalue weighted by Gasteiger charge is -2.15. The molecule has 1 atom stereocenters. The van der Waals surface area contributed by atoms with Gasteiger partial charge in [-0.2, -0.15) is 5.10 Å². The van der Waals surface area contributed by atoms with Crippen LogP contribution in [0.5, 0.6) is 0 Å². The van der Waals surface area contributed by atoms with Crippen molar-refractivity contribution in [3.63, 3.8) is 0 Å². The highest BCUT2D eigenvalue weighted by atomic mass is 19.1. The summed E-state index contributed by atoms with van der Waals surface area (Å²) in [6.07, 6.45) is 4.48. The number of para-hydroxylation sites is 1. The summed E-state index contributed by atoms with van der Waals surface area (Å²) in [5.74, 6) is 0.179. The number of benzene rings is 1.